The highest BCUT2D eigenvalue weighted by molar-refractivity contribution is 5.56. The third-order valence-electron chi connectivity index (χ3n) is 0.101. The van der Waals surface area contributed by atoms with Gasteiger partial charge in [-0.3, -0.25) is 0 Å². The van der Waals surface area contributed by atoms with Crippen LogP contribution in [0, 0.1) is 0 Å². The molecule has 0 atom stereocenters. The number of hydrogen-bond donors (Lipinski definition) is 2. The van der Waals surface area contributed by atoms with Crippen LogP contribution in [0.1, 0.15) is 0 Å². The molecule has 0 amide bonds. The lowest BCUT2D eigenvalue weighted by Gasteiger charge is -1.77. The standard InChI is InChI=1S/CH3NO3.H2O/c2-5-1(3)4;/h2H2,(H,3,4);1H2. The maximum Gasteiger partial charge on any atom is 0.524 e. The van der Waals surface area contributed by atoms with Crippen molar-refractivity contribution in [3.05, 3.63) is 0 Å². The van der Waals surface area contributed by atoms with Crippen molar-refractivity contribution >= 4 is 6.16 Å². The van der Waals surface area contributed by atoms with Gasteiger partial charge in [0.1, 0.15) is 0 Å². The lowest BCUT2D eigenvalue weighted by atomic mass is 11.4. The van der Waals surface area contributed by atoms with E-state index < -0.39 is 6.16 Å². The van der Waals surface area contributed by atoms with E-state index in [9.17, 15) is 0 Å². The second-order valence-corrected chi connectivity index (χ2v) is 0.384. The summed E-state index contributed by atoms with van der Waals surface area (Å²) in [6.45, 7) is 0. The van der Waals surface area contributed by atoms with Gasteiger partial charge in [-0.25, -0.2) is 4.79 Å². The van der Waals surface area contributed by atoms with E-state index in [0.29, 0.717) is 0 Å². The van der Waals surface area contributed by atoms with Gasteiger partial charge in [0.25, 0.3) is 0 Å². The van der Waals surface area contributed by atoms with E-state index in [1.807, 2.05) is 0 Å². The molecule has 0 fully saturated rings. The molecule has 0 aliphatic rings. The summed E-state index contributed by atoms with van der Waals surface area (Å²) < 4.78 is 0. The number of carboxylic acid groups (broad SMARTS) is 1. The summed E-state index contributed by atoms with van der Waals surface area (Å²) in [7, 11) is 0. The highest BCUT2D eigenvalue weighted by Gasteiger charge is 1.82. The predicted molar refractivity (Wildman–Crippen MR) is 16.9 cm³/mol. The third kappa shape index (κ3) is 10.8. The van der Waals surface area contributed by atoms with Gasteiger partial charge in [-0.1, -0.05) is 0 Å². The molecule has 0 aromatic heterocycles. The zero-order valence-corrected chi connectivity index (χ0v) is 2.84. The largest absolute Gasteiger partial charge is 0.524 e. The first-order valence-electron chi connectivity index (χ1n) is 0.868. The van der Waals surface area contributed by atoms with Gasteiger partial charge in [0.15, 0.2) is 0 Å². The molecule has 0 saturated heterocycles. The van der Waals surface area contributed by atoms with Crippen molar-refractivity contribution in [3.63, 3.8) is 0 Å². The highest BCUT2D eigenvalue weighted by Crippen LogP contribution is 1.55. The van der Waals surface area contributed by atoms with E-state index in [4.69, 9.17) is 9.90 Å². The van der Waals surface area contributed by atoms with Crippen LogP contribution < -0.4 is 5.90 Å². The van der Waals surface area contributed by atoms with Crippen LogP contribution >= 0.6 is 0 Å². The lowest BCUT2D eigenvalue weighted by molar-refractivity contribution is 0.0921. The van der Waals surface area contributed by atoms with Crippen LogP contribution in [0.3, 0.4) is 0 Å². The molecule has 5 N–H and O–H groups in total. The number of carbonyl (C=O) groups is 1. The fraction of sp³-hybridized carbons (Fsp3) is 0. The van der Waals surface area contributed by atoms with Crippen molar-refractivity contribution in [2.24, 2.45) is 5.90 Å². The molecular formula is CH5NO4. The van der Waals surface area contributed by atoms with E-state index >= 15 is 0 Å². The van der Waals surface area contributed by atoms with Gasteiger partial charge in [-0.2, -0.15) is 5.90 Å². The summed E-state index contributed by atoms with van der Waals surface area (Å²) in [6, 6.07) is 0. The summed E-state index contributed by atoms with van der Waals surface area (Å²) in [5.74, 6) is 4.07. The molecule has 0 spiro atoms. The van der Waals surface area contributed by atoms with Crippen molar-refractivity contribution in [3.8, 4) is 0 Å². The molecule has 0 aliphatic carbocycles. The first-order valence-corrected chi connectivity index (χ1v) is 0.868. The molecule has 0 heterocycles. The molecule has 5 heteroatoms. The van der Waals surface area contributed by atoms with Crippen molar-refractivity contribution in [1.82, 2.24) is 0 Å². The smallest absolute Gasteiger partial charge is 0.448 e. The fourth-order valence-corrected chi connectivity index (χ4v) is 0. The summed E-state index contributed by atoms with van der Waals surface area (Å²) in [6.07, 6.45) is -1.47. The Labute approximate surface area is 33.6 Å². The Morgan fingerprint density at radius 2 is 2.00 bits per heavy atom. The predicted octanol–water partition coefficient (Wildman–Crippen LogP) is -1.27. The molecule has 0 bridgehead atoms. The molecular weight excluding hydrogens is 90.0 g/mol. The van der Waals surface area contributed by atoms with Gasteiger partial charge in [-0.15, -0.1) is 0 Å². The maximum atomic E-state index is 9.02. The summed E-state index contributed by atoms with van der Waals surface area (Å²) in [4.78, 5) is 12.2. The van der Waals surface area contributed by atoms with Crippen molar-refractivity contribution < 1.29 is 20.2 Å². The average molecular weight is 95.1 g/mol. The van der Waals surface area contributed by atoms with E-state index in [0.717, 1.165) is 0 Å². The van der Waals surface area contributed by atoms with Crippen LogP contribution in [0.25, 0.3) is 0 Å². The van der Waals surface area contributed by atoms with Crippen LogP contribution in [0.2, 0.25) is 0 Å². The normalized spacial score (nSPS) is 5.50. The molecule has 6 heavy (non-hydrogen) atoms. The molecule has 0 radical (unpaired) electrons. The minimum absolute atomic E-state index is 0. The molecule has 0 rings (SSSR count). The zero-order valence-electron chi connectivity index (χ0n) is 2.84. The Morgan fingerprint density at radius 1 is 1.83 bits per heavy atom. The number of nitrogens with two attached hydrogens (primary N) is 1. The van der Waals surface area contributed by atoms with E-state index in [2.05, 4.69) is 10.7 Å². The summed E-state index contributed by atoms with van der Waals surface area (Å²) in [5, 5.41) is 7.38. The number of hydrogen-bond acceptors (Lipinski definition) is 3. The second kappa shape index (κ2) is 4.19. The van der Waals surface area contributed by atoms with Gasteiger partial charge >= 0.3 is 6.16 Å². The van der Waals surface area contributed by atoms with E-state index in [1.165, 1.54) is 0 Å². The quantitative estimate of drug-likeness (QED) is 0.366. The van der Waals surface area contributed by atoms with Crippen LogP contribution in [0.4, 0.5) is 4.79 Å². The monoisotopic (exact) mass is 95.0 g/mol. The zero-order chi connectivity index (χ0) is 4.28. The molecule has 0 aliphatic heterocycles. The molecule has 0 aromatic rings. The molecule has 0 unspecified atom stereocenters. The Balaban J connectivity index is 0. The minimum atomic E-state index is -1.47. The average Bonchev–Trinajstić information content (AvgIpc) is 1.38. The topological polar surface area (TPSA) is 104 Å². The molecule has 0 saturated carbocycles. The van der Waals surface area contributed by atoms with Gasteiger partial charge in [0.2, 0.25) is 0 Å². The van der Waals surface area contributed by atoms with Crippen LogP contribution in [-0.2, 0) is 4.84 Å². The van der Waals surface area contributed by atoms with Crippen LogP contribution in [0.15, 0.2) is 0 Å². The Hall–Kier alpha value is -0.810. The molecule has 5 nitrogen and oxygen atoms in total. The van der Waals surface area contributed by atoms with Gasteiger partial charge in [-0.05, 0) is 0 Å². The van der Waals surface area contributed by atoms with Crippen LogP contribution in [0.5, 0.6) is 0 Å². The van der Waals surface area contributed by atoms with Gasteiger partial charge < -0.3 is 15.4 Å². The molecule has 38 valence electrons. The fourth-order valence-electron chi connectivity index (χ4n) is 0. The second-order valence-electron chi connectivity index (χ2n) is 0.384. The SMILES string of the molecule is NOC(=O)O.O. The Bertz CT molecular complexity index is 42.8. The van der Waals surface area contributed by atoms with Crippen molar-refractivity contribution in [2.75, 3.05) is 0 Å². The molecule has 0 aromatic carbocycles. The first kappa shape index (κ1) is 8.95. The van der Waals surface area contributed by atoms with E-state index in [1.54, 1.807) is 0 Å². The number of rotatable bonds is 0. The summed E-state index contributed by atoms with van der Waals surface area (Å²) in [5.41, 5.74) is 0. The Kier molecular flexibility index (Phi) is 6.25. The van der Waals surface area contributed by atoms with Gasteiger partial charge in [0, 0.05) is 0 Å². The first-order chi connectivity index (χ1) is 2.27. The van der Waals surface area contributed by atoms with E-state index in [-0.39, 0.29) is 5.48 Å². The van der Waals surface area contributed by atoms with Crippen LogP contribution in [-0.4, -0.2) is 16.7 Å². The van der Waals surface area contributed by atoms with Crippen molar-refractivity contribution in [2.45, 2.75) is 0 Å². The maximum absolute atomic E-state index is 9.02. The highest BCUT2D eigenvalue weighted by atomic mass is 16.7. The lowest BCUT2D eigenvalue weighted by Crippen LogP contribution is -2.04. The van der Waals surface area contributed by atoms with Gasteiger partial charge in [0.05, 0.1) is 0 Å². The summed E-state index contributed by atoms with van der Waals surface area (Å²) >= 11 is 0. The Morgan fingerprint density at radius 3 is 2.00 bits per heavy atom. The third-order valence-corrected chi connectivity index (χ3v) is 0.101. The minimum Gasteiger partial charge on any atom is -0.448 e. The van der Waals surface area contributed by atoms with Crippen molar-refractivity contribution in [1.29, 1.82) is 0 Å².